The third kappa shape index (κ3) is 5.12. The molecule has 0 amide bonds. The molecule has 6 nitrogen and oxygen atoms in total. The first-order chi connectivity index (χ1) is 19.8. The summed E-state index contributed by atoms with van der Waals surface area (Å²) in [5.41, 5.74) is 6.59. The summed E-state index contributed by atoms with van der Waals surface area (Å²) in [6.07, 6.45) is 4.94. The first-order valence-electron chi connectivity index (χ1n) is 14.1. The lowest BCUT2D eigenvalue weighted by Gasteiger charge is -2.41. The SMILES string of the molecule is CC(C)(C)c1ccc(C(=O)[O-])c(C2=C3C=CC(=[N+]4CC(F)C4)C=C3[Si](C)(C)c3cc(N4CC(F)C4)ccc32)c1.O=C=O. The van der Waals surface area contributed by atoms with Crippen molar-refractivity contribution in [1.82, 2.24) is 0 Å². The molecule has 0 spiro atoms. The molecule has 0 saturated carbocycles. The number of allylic oxidation sites excluding steroid dienone is 5. The number of aromatic carboxylic acids is 1. The van der Waals surface area contributed by atoms with Gasteiger partial charge in [-0.05, 0) is 67.9 Å². The number of nitrogens with zero attached hydrogens (tertiary/aromatic N) is 2. The molecule has 42 heavy (non-hydrogen) atoms. The van der Waals surface area contributed by atoms with Gasteiger partial charge in [0, 0.05) is 23.4 Å². The quantitative estimate of drug-likeness (QED) is 0.405. The summed E-state index contributed by atoms with van der Waals surface area (Å²) in [7, 11) is -2.29. The predicted molar refractivity (Wildman–Crippen MR) is 158 cm³/mol. The lowest BCUT2D eigenvalue weighted by Crippen LogP contribution is -2.52. The number of halogens is 2. The second-order valence-corrected chi connectivity index (χ2v) is 17.2. The molecule has 218 valence electrons. The zero-order valence-electron chi connectivity index (χ0n) is 24.5. The molecule has 1 aliphatic carbocycles. The average molecular weight is 589 g/mol. The highest BCUT2D eigenvalue weighted by atomic mass is 28.3. The number of fused-ring (bicyclic) bond motifs is 2. The van der Waals surface area contributed by atoms with Crippen LogP contribution >= 0.6 is 0 Å². The van der Waals surface area contributed by atoms with Gasteiger partial charge in [-0.15, -0.1) is 0 Å². The molecule has 6 rings (SSSR count). The Bertz CT molecular complexity index is 1630. The molecule has 0 radical (unpaired) electrons. The fourth-order valence-electron chi connectivity index (χ4n) is 6.18. The van der Waals surface area contributed by atoms with E-state index in [0.717, 1.165) is 33.7 Å². The number of anilines is 1. The molecular weight excluding hydrogens is 554 g/mol. The van der Waals surface area contributed by atoms with E-state index in [2.05, 4.69) is 67.6 Å². The molecule has 0 bridgehead atoms. The van der Waals surface area contributed by atoms with Crippen LogP contribution in [0.25, 0.3) is 5.57 Å². The van der Waals surface area contributed by atoms with Gasteiger partial charge in [0.25, 0.3) is 0 Å². The molecule has 0 unspecified atom stereocenters. The predicted octanol–water partition coefficient (Wildman–Crippen LogP) is 3.49. The van der Waals surface area contributed by atoms with Crippen LogP contribution in [0.5, 0.6) is 0 Å². The van der Waals surface area contributed by atoms with Crippen molar-refractivity contribution in [2.24, 2.45) is 0 Å². The molecule has 0 aromatic heterocycles. The second kappa shape index (κ2) is 10.7. The minimum absolute atomic E-state index is 0.162. The first kappa shape index (κ1) is 29.5. The van der Waals surface area contributed by atoms with Crippen LogP contribution < -0.4 is 15.2 Å². The number of rotatable bonds is 3. The molecule has 2 aromatic rings. The number of carbonyl (C=O) groups excluding carboxylic acids is 3. The van der Waals surface area contributed by atoms with Crippen molar-refractivity contribution in [3.8, 4) is 0 Å². The van der Waals surface area contributed by atoms with Gasteiger partial charge in [0.2, 0.25) is 6.17 Å². The maximum absolute atomic E-state index is 13.7. The van der Waals surface area contributed by atoms with Crippen molar-refractivity contribution < 1.29 is 32.8 Å². The molecule has 3 aliphatic heterocycles. The molecular formula is C33H34F2N2O4Si. The number of carboxylic acid groups (broad SMARTS) is 1. The van der Waals surface area contributed by atoms with Gasteiger partial charge in [-0.3, -0.25) is 0 Å². The van der Waals surface area contributed by atoms with Gasteiger partial charge in [-0.1, -0.05) is 52.1 Å². The Hall–Kier alpha value is -3.94. The molecule has 0 atom stereocenters. The van der Waals surface area contributed by atoms with E-state index in [1.54, 1.807) is 6.07 Å². The fraction of sp³-hybridized carbons (Fsp3) is 0.364. The maximum Gasteiger partial charge on any atom is 0.373 e. The van der Waals surface area contributed by atoms with Crippen molar-refractivity contribution in [1.29, 1.82) is 0 Å². The number of carboxylic acids is 1. The molecule has 2 fully saturated rings. The molecule has 2 aromatic carbocycles. The highest BCUT2D eigenvalue weighted by Crippen LogP contribution is 2.44. The normalized spacial score (nSPS) is 20.8. The van der Waals surface area contributed by atoms with E-state index >= 15 is 0 Å². The van der Waals surface area contributed by atoms with Crippen LogP contribution in [0.2, 0.25) is 13.1 Å². The number of hydrogen-bond acceptors (Lipinski definition) is 5. The Balaban J connectivity index is 0.00000113. The van der Waals surface area contributed by atoms with Crippen LogP contribution in [-0.2, 0) is 15.0 Å². The van der Waals surface area contributed by atoms with E-state index in [1.807, 2.05) is 24.3 Å². The van der Waals surface area contributed by atoms with Crippen LogP contribution in [0.3, 0.4) is 0 Å². The highest BCUT2D eigenvalue weighted by molar-refractivity contribution is 6.98. The number of alkyl halides is 2. The highest BCUT2D eigenvalue weighted by Gasteiger charge is 2.42. The Morgan fingerprint density at radius 1 is 1.00 bits per heavy atom. The number of carbonyl (C=O) groups is 1. The van der Waals surface area contributed by atoms with Crippen LogP contribution in [0, 0.1) is 0 Å². The number of hydrogen-bond donors (Lipinski definition) is 0. The van der Waals surface area contributed by atoms with Gasteiger partial charge in [-0.2, -0.15) is 9.59 Å². The summed E-state index contributed by atoms with van der Waals surface area (Å²) in [6, 6.07) is 11.9. The van der Waals surface area contributed by atoms with Gasteiger partial charge in [0.05, 0.1) is 19.1 Å². The summed E-state index contributed by atoms with van der Waals surface area (Å²) < 4.78 is 29.5. The van der Waals surface area contributed by atoms with Crippen molar-refractivity contribution in [3.05, 3.63) is 87.6 Å². The zero-order valence-corrected chi connectivity index (χ0v) is 25.5. The average Bonchev–Trinajstić information content (AvgIpc) is 2.89. The molecule has 3 heterocycles. The van der Waals surface area contributed by atoms with E-state index in [0.29, 0.717) is 31.7 Å². The third-order valence-electron chi connectivity index (χ3n) is 8.67. The minimum atomic E-state index is -2.29. The largest absolute Gasteiger partial charge is 0.545 e. The Morgan fingerprint density at radius 3 is 2.24 bits per heavy atom. The van der Waals surface area contributed by atoms with Crippen molar-refractivity contribution in [3.63, 3.8) is 0 Å². The Labute approximate surface area is 245 Å². The topological polar surface area (TPSA) is 80.5 Å². The first-order valence-corrected chi connectivity index (χ1v) is 17.1. The smallest absolute Gasteiger partial charge is 0.373 e. The zero-order chi connectivity index (χ0) is 30.6. The van der Waals surface area contributed by atoms with Crippen LogP contribution in [0.4, 0.5) is 14.5 Å². The maximum atomic E-state index is 13.7. The van der Waals surface area contributed by atoms with Crippen LogP contribution in [0.15, 0.2) is 65.4 Å². The van der Waals surface area contributed by atoms with Gasteiger partial charge in [0.1, 0.15) is 14.2 Å². The molecule has 0 N–H and O–H groups in total. The van der Waals surface area contributed by atoms with Gasteiger partial charge < -0.3 is 14.8 Å². The lowest BCUT2D eigenvalue weighted by atomic mass is 9.81. The lowest BCUT2D eigenvalue weighted by molar-refractivity contribution is -0.599. The Morgan fingerprint density at radius 2 is 1.67 bits per heavy atom. The van der Waals surface area contributed by atoms with E-state index in [-0.39, 0.29) is 17.1 Å². The van der Waals surface area contributed by atoms with Crippen molar-refractivity contribution in [2.45, 2.75) is 51.6 Å². The van der Waals surface area contributed by atoms with E-state index in [9.17, 15) is 18.7 Å². The van der Waals surface area contributed by atoms with Gasteiger partial charge >= 0.3 is 6.15 Å². The van der Waals surface area contributed by atoms with Gasteiger partial charge in [0.15, 0.2) is 18.8 Å². The monoisotopic (exact) mass is 588 g/mol. The summed E-state index contributed by atoms with van der Waals surface area (Å²) in [6.45, 7) is 12.5. The fourth-order valence-corrected chi connectivity index (χ4v) is 9.25. The second-order valence-electron chi connectivity index (χ2n) is 12.8. The van der Waals surface area contributed by atoms with Crippen LogP contribution in [0.1, 0.15) is 47.8 Å². The molecule has 9 heteroatoms. The summed E-state index contributed by atoms with van der Waals surface area (Å²) in [5, 5.41) is 14.8. The van der Waals surface area contributed by atoms with E-state index in [1.165, 1.54) is 10.4 Å². The number of benzene rings is 2. The van der Waals surface area contributed by atoms with Crippen molar-refractivity contribution in [2.75, 3.05) is 31.1 Å². The minimum Gasteiger partial charge on any atom is -0.545 e. The summed E-state index contributed by atoms with van der Waals surface area (Å²) >= 11 is 0. The Kier molecular flexibility index (Phi) is 7.54. The van der Waals surface area contributed by atoms with Crippen LogP contribution in [-0.4, -0.2) is 69.0 Å². The standard InChI is InChI=1S/C32H34F2N2O2Si.CO2/c1-32(2,3)19-6-9-24(31(37)38)27(12-19)30-25-10-7-22(35-15-20(33)16-35)13-28(25)39(4,5)29-14-23(8-11-26(29)30)36-17-21(34)18-36;2-1-3/h6-14,20-21H,15-18H2,1-5H3;. The molecule has 4 aliphatic rings. The van der Waals surface area contributed by atoms with Crippen molar-refractivity contribution >= 4 is 42.4 Å². The van der Waals surface area contributed by atoms with E-state index in [4.69, 9.17) is 9.59 Å². The third-order valence-corrected chi connectivity index (χ3v) is 12.2. The van der Waals surface area contributed by atoms with E-state index < -0.39 is 26.4 Å². The van der Waals surface area contributed by atoms with Gasteiger partial charge in [-0.25, -0.2) is 13.4 Å². The molecule has 2 saturated heterocycles. The summed E-state index contributed by atoms with van der Waals surface area (Å²) in [4.78, 5) is 30.7. The summed E-state index contributed by atoms with van der Waals surface area (Å²) in [5.74, 6) is -1.21.